The van der Waals surface area contributed by atoms with E-state index in [4.69, 9.17) is 14.7 Å². The van der Waals surface area contributed by atoms with Crippen LogP contribution in [0.1, 0.15) is 38.8 Å². The lowest BCUT2D eigenvalue weighted by Crippen LogP contribution is -2.39. The van der Waals surface area contributed by atoms with Gasteiger partial charge in [-0.3, -0.25) is 0 Å². The number of halogens is 1. The highest BCUT2D eigenvalue weighted by Gasteiger charge is 2.17. The van der Waals surface area contributed by atoms with Gasteiger partial charge in [-0.1, -0.05) is 15.9 Å². The molecule has 0 radical (unpaired) electrons. The number of carbonyl (C=O) groups is 1. The Labute approximate surface area is 139 Å². The maximum absolute atomic E-state index is 11.6. The van der Waals surface area contributed by atoms with Gasteiger partial charge in [-0.05, 0) is 51.5 Å². The molecular weight excluding hydrogens is 348 g/mol. The normalized spacial score (nSPS) is 12.4. The van der Waals surface area contributed by atoms with Crippen molar-refractivity contribution >= 4 is 22.0 Å². The minimum Gasteiger partial charge on any atom is -0.444 e. The van der Waals surface area contributed by atoms with Crippen molar-refractivity contribution in [3.05, 3.63) is 33.8 Å². The molecule has 1 amide bonds. The second kappa shape index (κ2) is 8.16. The molecule has 1 rings (SSSR count). The average Bonchev–Trinajstić information content (AvgIpc) is 2.35. The molecule has 0 aromatic heterocycles. The number of hydrogen-bond donors (Lipinski definition) is 1. The van der Waals surface area contributed by atoms with Crippen LogP contribution in [0.15, 0.2) is 22.7 Å². The summed E-state index contributed by atoms with van der Waals surface area (Å²) in [7, 11) is 0. The summed E-state index contributed by atoms with van der Waals surface area (Å²) in [5.74, 6) is 0. The maximum Gasteiger partial charge on any atom is 0.407 e. The predicted octanol–water partition coefficient (Wildman–Crippen LogP) is 3.75. The Morgan fingerprint density at radius 2 is 2.09 bits per heavy atom. The molecule has 0 spiro atoms. The molecule has 0 fully saturated rings. The van der Waals surface area contributed by atoms with Crippen LogP contribution in [-0.2, 0) is 16.1 Å². The van der Waals surface area contributed by atoms with Gasteiger partial charge in [0.05, 0.1) is 30.9 Å². The Kier molecular flexibility index (Phi) is 6.85. The number of ether oxygens (including phenoxy) is 2. The SMILES string of the molecule is C[C@H](COCc1cc(Br)cc(C#N)c1)NC(=O)OC(C)(C)C. The highest BCUT2D eigenvalue weighted by atomic mass is 79.9. The summed E-state index contributed by atoms with van der Waals surface area (Å²) >= 11 is 3.36. The van der Waals surface area contributed by atoms with E-state index < -0.39 is 11.7 Å². The third-order valence-electron chi connectivity index (χ3n) is 2.49. The van der Waals surface area contributed by atoms with E-state index in [9.17, 15) is 4.79 Å². The zero-order valence-electron chi connectivity index (χ0n) is 13.3. The number of rotatable bonds is 5. The van der Waals surface area contributed by atoms with Crippen LogP contribution in [0.2, 0.25) is 0 Å². The van der Waals surface area contributed by atoms with Crippen molar-refractivity contribution in [2.75, 3.05) is 6.61 Å². The molecule has 22 heavy (non-hydrogen) atoms. The van der Waals surface area contributed by atoms with Crippen molar-refractivity contribution in [2.24, 2.45) is 0 Å². The summed E-state index contributed by atoms with van der Waals surface area (Å²) in [5.41, 5.74) is 0.956. The van der Waals surface area contributed by atoms with Crippen LogP contribution in [0, 0.1) is 11.3 Å². The molecule has 1 N–H and O–H groups in total. The summed E-state index contributed by atoms with van der Waals surface area (Å²) in [6.45, 7) is 8.00. The van der Waals surface area contributed by atoms with Crippen molar-refractivity contribution in [3.8, 4) is 6.07 Å². The molecule has 120 valence electrons. The van der Waals surface area contributed by atoms with E-state index in [0.29, 0.717) is 18.8 Å². The smallest absolute Gasteiger partial charge is 0.407 e. The Balaban J connectivity index is 2.39. The lowest BCUT2D eigenvalue weighted by atomic mass is 10.1. The Hall–Kier alpha value is -1.58. The largest absolute Gasteiger partial charge is 0.444 e. The highest BCUT2D eigenvalue weighted by Crippen LogP contribution is 2.16. The fraction of sp³-hybridized carbons (Fsp3) is 0.500. The Morgan fingerprint density at radius 3 is 2.68 bits per heavy atom. The van der Waals surface area contributed by atoms with Crippen LogP contribution in [-0.4, -0.2) is 24.3 Å². The second-order valence-electron chi connectivity index (χ2n) is 6.02. The van der Waals surface area contributed by atoms with Crippen LogP contribution in [0.3, 0.4) is 0 Å². The molecule has 0 unspecified atom stereocenters. The van der Waals surface area contributed by atoms with Gasteiger partial charge in [-0.25, -0.2) is 4.79 Å². The van der Waals surface area contributed by atoms with Gasteiger partial charge >= 0.3 is 6.09 Å². The molecule has 0 saturated heterocycles. The quantitative estimate of drug-likeness (QED) is 0.858. The van der Waals surface area contributed by atoms with Gasteiger partial charge in [0.1, 0.15) is 5.60 Å². The predicted molar refractivity (Wildman–Crippen MR) is 87.3 cm³/mol. The standard InChI is InChI=1S/C16H21BrN2O3/c1-11(19-15(20)22-16(2,3)4)9-21-10-13-5-12(8-18)6-14(17)7-13/h5-7,11H,9-10H2,1-4H3,(H,19,20)/t11-/m1/s1. The average molecular weight is 369 g/mol. The lowest BCUT2D eigenvalue weighted by Gasteiger charge is -2.22. The zero-order valence-corrected chi connectivity index (χ0v) is 14.9. The summed E-state index contributed by atoms with van der Waals surface area (Å²) in [6.07, 6.45) is -0.460. The topological polar surface area (TPSA) is 71.3 Å². The third kappa shape index (κ3) is 7.43. The molecule has 0 saturated carbocycles. The second-order valence-corrected chi connectivity index (χ2v) is 6.94. The number of nitrogens with one attached hydrogen (secondary N) is 1. The van der Waals surface area contributed by atoms with Gasteiger partial charge in [0.25, 0.3) is 0 Å². The minimum atomic E-state index is -0.519. The van der Waals surface area contributed by atoms with Gasteiger partial charge in [-0.15, -0.1) is 0 Å². The van der Waals surface area contributed by atoms with E-state index >= 15 is 0 Å². The molecule has 1 aromatic rings. The molecule has 1 aromatic carbocycles. The molecule has 0 aliphatic heterocycles. The number of alkyl carbamates (subject to hydrolysis) is 1. The van der Waals surface area contributed by atoms with Crippen LogP contribution in [0.25, 0.3) is 0 Å². The van der Waals surface area contributed by atoms with E-state index in [1.54, 1.807) is 12.1 Å². The van der Waals surface area contributed by atoms with E-state index in [1.807, 2.05) is 33.8 Å². The fourth-order valence-electron chi connectivity index (χ4n) is 1.70. The van der Waals surface area contributed by atoms with Crippen molar-refractivity contribution in [1.29, 1.82) is 5.26 Å². The summed E-state index contributed by atoms with van der Waals surface area (Å²) in [6, 6.07) is 7.34. The fourth-order valence-corrected chi connectivity index (χ4v) is 2.24. The van der Waals surface area contributed by atoms with Crippen molar-refractivity contribution in [3.63, 3.8) is 0 Å². The van der Waals surface area contributed by atoms with E-state index in [0.717, 1.165) is 10.0 Å². The molecule has 0 aliphatic carbocycles. The highest BCUT2D eigenvalue weighted by molar-refractivity contribution is 9.10. The molecule has 0 bridgehead atoms. The van der Waals surface area contributed by atoms with Gasteiger partial charge < -0.3 is 14.8 Å². The van der Waals surface area contributed by atoms with E-state index in [1.165, 1.54) is 0 Å². The van der Waals surface area contributed by atoms with Crippen molar-refractivity contribution in [2.45, 2.75) is 45.9 Å². The minimum absolute atomic E-state index is 0.169. The van der Waals surface area contributed by atoms with Gasteiger partial charge in [0, 0.05) is 4.47 Å². The van der Waals surface area contributed by atoms with Crippen LogP contribution >= 0.6 is 15.9 Å². The van der Waals surface area contributed by atoms with Crippen LogP contribution in [0.4, 0.5) is 4.79 Å². The number of nitriles is 1. The Morgan fingerprint density at radius 1 is 1.41 bits per heavy atom. The molecular formula is C16H21BrN2O3. The first-order valence-electron chi connectivity index (χ1n) is 6.96. The van der Waals surface area contributed by atoms with Crippen LogP contribution < -0.4 is 5.32 Å². The first-order chi connectivity index (χ1) is 10.2. The summed E-state index contributed by atoms with van der Waals surface area (Å²) < 4.78 is 11.6. The third-order valence-corrected chi connectivity index (χ3v) is 2.94. The first kappa shape index (κ1) is 18.5. The molecule has 6 heteroatoms. The molecule has 0 aliphatic rings. The summed E-state index contributed by atoms with van der Waals surface area (Å²) in [4.78, 5) is 11.6. The number of amides is 1. The van der Waals surface area contributed by atoms with E-state index in [2.05, 4.69) is 27.3 Å². The monoisotopic (exact) mass is 368 g/mol. The summed E-state index contributed by atoms with van der Waals surface area (Å²) in [5, 5.41) is 11.6. The van der Waals surface area contributed by atoms with Crippen molar-refractivity contribution < 1.29 is 14.3 Å². The van der Waals surface area contributed by atoms with Gasteiger partial charge in [0.2, 0.25) is 0 Å². The maximum atomic E-state index is 11.6. The zero-order chi connectivity index (χ0) is 16.8. The van der Waals surface area contributed by atoms with Gasteiger partial charge in [-0.2, -0.15) is 5.26 Å². The number of hydrogen-bond acceptors (Lipinski definition) is 4. The lowest BCUT2D eigenvalue weighted by molar-refractivity contribution is 0.0442. The van der Waals surface area contributed by atoms with E-state index in [-0.39, 0.29) is 6.04 Å². The Bertz CT molecular complexity index is 561. The molecule has 0 heterocycles. The number of benzene rings is 1. The molecule has 5 nitrogen and oxygen atoms in total. The number of nitrogens with zero attached hydrogens (tertiary/aromatic N) is 1. The van der Waals surface area contributed by atoms with Gasteiger partial charge in [0.15, 0.2) is 0 Å². The number of carbonyl (C=O) groups excluding carboxylic acids is 1. The molecule has 1 atom stereocenters. The van der Waals surface area contributed by atoms with Crippen LogP contribution in [0.5, 0.6) is 0 Å². The first-order valence-corrected chi connectivity index (χ1v) is 7.76. The van der Waals surface area contributed by atoms with Crippen molar-refractivity contribution in [1.82, 2.24) is 5.32 Å².